The summed E-state index contributed by atoms with van der Waals surface area (Å²) in [6.07, 6.45) is 1.50. The van der Waals surface area contributed by atoms with Crippen LogP contribution in [0.3, 0.4) is 0 Å². The van der Waals surface area contributed by atoms with Crippen LogP contribution in [-0.2, 0) is 11.3 Å². The van der Waals surface area contributed by atoms with Gasteiger partial charge in [-0.3, -0.25) is 9.59 Å². The summed E-state index contributed by atoms with van der Waals surface area (Å²) < 4.78 is 7.30. The number of para-hydroxylation sites is 1. The summed E-state index contributed by atoms with van der Waals surface area (Å²) >= 11 is 0. The van der Waals surface area contributed by atoms with Crippen LogP contribution in [0.15, 0.2) is 83.5 Å². The lowest BCUT2D eigenvalue weighted by Crippen LogP contribution is -2.51. The molecule has 6 heteroatoms. The second-order valence-corrected chi connectivity index (χ2v) is 7.69. The third-order valence-corrected chi connectivity index (χ3v) is 5.83. The third-order valence-electron chi connectivity index (χ3n) is 5.83. The normalized spacial score (nSPS) is 14.2. The minimum Gasteiger partial charge on any atom is -0.459 e. The number of carbonyl (C=O) groups is 2. The van der Waals surface area contributed by atoms with Crippen molar-refractivity contribution in [3.8, 4) is 11.3 Å². The number of rotatable bonds is 4. The summed E-state index contributed by atoms with van der Waals surface area (Å²) in [5.74, 6) is 0.273. The Balaban J connectivity index is 1.34. The van der Waals surface area contributed by atoms with E-state index >= 15 is 0 Å². The summed E-state index contributed by atoms with van der Waals surface area (Å²) in [5, 5.41) is 1.11. The van der Waals surface area contributed by atoms with Crippen LogP contribution < -0.4 is 0 Å². The molecule has 0 atom stereocenters. The van der Waals surface area contributed by atoms with E-state index < -0.39 is 0 Å². The molecule has 3 heterocycles. The van der Waals surface area contributed by atoms with Gasteiger partial charge in [0.1, 0.15) is 6.54 Å². The van der Waals surface area contributed by atoms with Gasteiger partial charge in [-0.25, -0.2) is 0 Å². The summed E-state index contributed by atoms with van der Waals surface area (Å²) in [6.45, 7) is 2.31. The van der Waals surface area contributed by atoms with Crippen molar-refractivity contribution >= 4 is 22.7 Å². The molecule has 4 aromatic rings. The molecule has 0 bridgehead atoms. The van der Waals surface area contributed by atoms with Gasteiger partial charge in [0.05, 0.1) is 6.26 Å². The molecule has 1 fully saturated rings. The SMILES string of the molecule is O=C(Cn1c(-c2ccccc2)cc2ccccc21)N1CCN(C(=O)c2ccco2)CC1. The number of benzene rings is 2. The van der Waals surface area contributed by atoms with Gasteiger partial charge in [0.15, 0.2) is 5.76 Å². The first-order valence-electron chi connectivity index (χ1n) is 10.4. The molecule has 1 saturated heterocycles. The molecule has 0 spiro atoms. The fourth-order valence-electron chi connectivity index (χ4n) is 4.18. The maximum absolute atomic E-state index is 13.2. The average Bonchev–Trinajstić information content (AvgIpc) is 3.48. The Hall–Kier alpha value is -3.80. The molecule has 0 aliphatic carbocycles. The van der Waals surface area contributed by atoms with Crippen LogP contribution in [0.2, 0.25) is 0 Å². The van der Waals surface area contributed by atoms with Crippen molar-refractivity contribution < 1.29 is 14.0 Å². The van der Waals surface area contributed by atoms with Crippen molar-refractivity contribution in [3.63, 3.8) is 0 Å². The van der Waals surface area contributed by atoms with Crippen molar-refractivity contribution in [2.45, 2.75) is 6.54 Å². The Labute approximate surface area is 180 Å². The molecule has 1 aliphatic rings. The summed E-state index contributed by atoms with van der Waals surface area (Å²) in [5.41, 5.74) is 3.16. The molecule has 0 N–H and O–H groups in total. The van der Waals surface area contributed by atoms with Crippen molar-refractivity contribution in [2.24, 2.45) is 0 Å². The second kappa shape index (κ2) is 8.14. The second-order valence-electron chi connectivity index (χ2n) is 7.69. The fourth-order valence-corrected chi connectivity index (χ4v) is 4.18. The van der Waals surface area contributed by atoms with Crippen LogP contribution >= 0.6 is 0 Å². The largest absolute Gasteiger partial charge is 0.459 e. The molecular weight excluding hydrogens is 390 g/mol. The van der Waals surface area contributed by atoms with Gasteiger partial charge < -0.3 is 18.8 Å². The van der Waals surface area contributed by atoms with Crippen LogP contribution in [-0.4, -0.2) is 52.4 Å². The molecule has 6 nitrogen and oxygen atoms in total. The van der Waals surface area contributed by atoms with Crippen LogP contribution in [0.25, 0.3) is 22.2 Å². The first kappa shape index (κ1) is 19.2. The first-order valence-corrected chi connectivity index (χ1v) is 10.4. The van der Waals surface area contributed by atoms with Crippen molar-refractivity contribution in [3.05, 3.63) is 84.8 Å². The highest BCUT2D eigenvalue weighted by Crippen LogP contribution is 2.28. The van der Waals surface area contributed by atoms with Crippen LogP contribution in [0.5, 0.6) is 0 Å². The minimum absolute atomic E-state index is 0.0589. The lowest BCUT2D eigenvalue weighted by Gasteiger charge is -2.34. The van der Waals surface area contributed by atoms with Gasteiger partial charge in [-0.1, -0.05) is 48.5 Å². The van der Waals surface area contributed by atoms with E-state index in [9.17, 15) is 9.59 Å². The zero-order chi connectivity index (χ0) is 21.2. The topological polar surface area (TPSA) is 58.7 Å². The number of fused-ring (bicyclic) bond motifs is 1. The quantitative estimate of drug-likeness (QED) is 0.510. The summed E-state index contributed by atoms with van der Waals surface area (Å²) in [6, 6.07) is 23.8. The van der Waals surface area contributed by atoms with E-state index in [0.29, 0.717) is 31.9 Å². The Morgan fingerprint density at radius 2 is 1.52 bits per heavy atom. The van der Waals surface area contributed by atoms with Crippen molar-refractivity contribution in [2.75, 3.05) is 26.2 Å². The molecule has 2 amide bonds. The van der Waals surface area contributed by atoms with E-state index in [2.05, 4.69) is 34.9 Å². The van der Waals surface area contributed by atoms with E-state index in [1.807, 2.05) is 35.2 Å². The third kappa shape index (κ3) is 3.72. The number of amides is 2. The summed E-state index contributed by atoms with van der Waals surface area (Å²) in [4.78, 5) is 29.2. The fraction of sp³-hybridized carbons (Fsp3) is 0.200. The predicted octanol–water partition coefficient (Wildman–Crippen LogP) is 3.89. The maximum atomic E-state index is 13.2. The number of piperazine rings is 1. The van der Waals surface area contributed by atoms with E-state index in [0.717, 1.165) is 22.2 Å². The van der Waals surface area contributed by atoms with Gasteiger partial charge in [-0.2, -0.15) is 0 Å². The predicted molar refractivity (Wildman–Crippen MR) is 119 cm³/mol. The number of hydrogen-bond donors (Lipinski definition) is 0. The maximum Gasteiger partial charge on any atom is 0.289 e. The van der Waals surface area contributed by atoms with Gasteiger partial charge in [-0.15, -0.1) is 0 Å². The molecule has 1 aliphatic heterocycles. The van der Waals surface area contributed by atoms with E-state index in [1.54, 1.807) is 17.0 Å². The van der Waals surface area contributed by atoms with E-state index in [1.165, 1.54) is 6.26 Å². The van der Waals surface area contributed by atoms with Gasteiger partial charge in [-0.05, 0) is 29.8 Å². The molecule has 0 radical (unpaired) electrons. The Morgan fingerprint density at radius 1 is 0.806 bits per heavy atom. The van der Waals surface area contributed by atoms with E-state index in [4.69, 9.17) is 4.42 Å². The molecule has 0 saturated carbocycles. The molecule has 5 rings (SSSR count). The lowest BCUT2D eigenvalue weighted by molar-refractivity contribution is -0.133. The van der Waals surface area contributed by atoms with Crippen LogP contribution in [0.4, 0.5) is 0 Å². The smallest absolute Gasteiger partial charge is 0.289 e. The molecule has 156 valence electrons. The van der Waals surface area contributed by atoms with Crippen molar-refractivity contribution in [1.29, 1.82) is 0 Å². The van der Waals surface area contributed by atoms with Gasteiger partial charge >= 0.3 is 0 Å². The van der Waals surface area contributed by atoms with Gasteiger partial charge in [0.2, 0.25) is 5.91 Å². The number of carbonyl (C=O) groups excluding carboxylic acids is 2. The monoisotopic (exact) mass is 413 g/mol. The first-order chi connectivity index (χ1) is 15.2. The van der Waals surface area contributed by atoms with Crippen molar-refractivity contribution in [1.82, 2.24) is 14.4 Å². The van der Waals surface area contributed by atoms with Gasteiger partial charge in [0, 0.05) is 42.8 Å². The van der Waals surface area contributed by atoms with E-state index in [-0.39, 0.29) is 18.4 Å². The zero-order valence-corrected chi connectivity index (χ0v) is 17.1. The zero-order valence-electron chi connectivity index (χ0n) is 17.1. The van der Waals surface area contributed by atoms with Crippen LogP contribution in [0, 0.1) is 0 Å². The minimum atomic E-state index is -0.125. The lowest BCUT2D eigenvalue weighted by atomic mass is 10.1. The van der Waals surface area contributed by atoms with Crippen LogP contribution in [0.1, 0.15) is 10.6 Å². The number of hydrogen-bond acceptors (Lipinski definition) is 3. The molecule has 2 aromatic carbocycles. The number of furan rings is 1. The highest BCUT2D eigenvalue weighted by Gasteiger charge is 2.26. The molecular formula is C25H23N3O3. The van der Waals surface area contributed by atoms with Gasteiger partial charge in [0.25, 0.3) is 5.91 Å². The standard InChI is InChI=1S/C25H23N3O3/c29-24(26-12-14-27(15-13-26)25(30)23-11-6-16-31-23)18-28-21-10-5-4-9-20(21)17-22(28)19-7-2-1-3-8-19/h1-11,16-17H,12-15,18H2. The Kier molecular flexibility index (Phi) is 5.04. The Morgan fingerprint density at radius 3 is 2.26 bits per heavy atom. The molecule has 31 heavy (non-hydrogen) atoms. The molecule has 2 aromatic heterocycles. The number of nitrogens with zero attached hydrogens (tertiary/aromatic N) is 3. The summed E-state index contributed by atoms with van der Waals surface area (Å²) in [7, 11) is 0. The number of aromatic nitrogens is 1. The highest BCUT2D eigenvalue weighted by molar-refractivity contribution is 5.92. The highest BCUT2D eigenvalue weighted by atomic mass is 16.3. The Bertz CT molecular complexity index is 1200. The molecule has 0 unspecified atom stereocenters. The average molecular weight is 413 g/mol.